The molecule has 2 aliphatic rings. The van der Waals surface area contributed by atoms with Crippen LogP contribution in [0.3, 0.4) is 0 Å². The maximum Gasteiger partial charge on any atom is 0.0678 e. The van der Waals surface area contributed by atoms with E-state index in [1.807, 2.05) is 0 Å². The van der Waals surface area contributed by atoms with Gasteiger partial charge in [-0.1, -0.05) is 6.92 Å². The summed E-state index contributed by atoms with van der Waals surface area (Å²) in [6.07, 6.45) is 3.61. The van der Waals surface area contributed by atoms with Crippen molar-refractivity contribution in [2.45, 2.75) is 45.8 Å². The lowest BCUT2D eigenvalue weighted by Gasteiger charge is -2.37. The Labute approximate surface area is 106 Å². The first-order valence-corrected chi connectivity index (χ1v) is 7.23. The van der Waals surface area contributed by atoms with Crippen molar-refractivity contribution in [2.24, 2.45) is 5.92 Å². The summed E-state index contributed by atoms with van der Waals surface area (Å²) in [5, 5.41) is 0. The van der Waals surface area contributed by atoms with Crippen molar-refractivity contribution < 1.29 is 4.74 Å². The molecule has 100 valence electrons. The third kappa shape index (κ3) is 4.23. The molecule has 0 aliphatic carbocycles. The van der Waals surface area contributed by atoms with Gasteiger partial charge >= 0.3 is 0 Å². The predicted octanol–water partition coefficient (Wildman–Crippen LogP) is 1.83. The molecular formula is C14H28N2O. The van der Waals surface area contributed by atoms with Crippen molar-refractivity contribution in [3.05, 3.63) is 0 Å². The van der Waals surface area contributed by atoms with Gasteiger partial charge in [0.05, 0.1) is 12.2 Å². The Morgan fingerprint density at radius 1 is 0.941 bits per heavy atom. The van der Waals surface area contributed by atoms with Gasteiger partial charge in [0.1, 0.15) is 0 Å². The van der Waals surface area contributed by atoms with Gasteiger partial charge in [-0.3, -0.25) is 4.90 Å². The van der Waals surface area contributed by atoms with Gasteiger partial charge in [0.15, 0.2) is 0 Å². The van der Waals surface area contributed by atoms with Crippen LogP contribution in [0.1, 0.15) is 33.6 Å². The molecule has 3 heteroatoms. The predicted molar refractivity (Wildman–Crippen MR) is 71.3 cm³/mol. The van der Waals surface area contributed by atoms with Crippen LogP contribution in [-0.2, 0) is 4.74 Å². The number of hydrogen-bond acceptors (Lipinski definition) is 3. The molecule has 0 aromatic rings. The first-order chi connectivity index (χ1) is 8.13. The van der Waals surface area contributed by atoms with E-state index in [9.17, 15) is 0 Å². The minimum Gasteiger partial charge on any atom is -0.373 e. The van der Waals surface area contributed by atoms with Crippen LogP contribution < -0.4 is 0 Å². The normalized spacial score (nSPS) is 37.2. The van der Waals surface area contributed by atoms with Crippen LogP contribution in [0.5, 0.6) is 0 Å². The zero-order valence-corrected chi connectivity index (χ0v) is 11.7. The summed E-state index contributed by atoms with van der Waals surface area (Å²) in [4.78, 5) is 5.21. The lowest BCUT2D eigenvalue weighted by atomic mass is 10.0. The largest absolute Gasteiger partial charge is 0.373 e. The number of nitrogens with zero attached hydrogens (tertiary/aromatic N) is 2. The van der Waals surface area contributed by atoms with Gasteiger partial charge in [-0.25, -0.2) is 0 Å². The van der Waals surface area contributed by atoms with E-state index in [2.05, 4.69) is 30.6 Å². The van der Waals surface area contributed by atoms with Gasteiger partial charge in [0.2, 0.25) is 0 Å². The summed E-state index contributed by atoms with van der Waals surface area (Å²) in [5.74, 6) is 0.895. The smallest absolute Gasteiger partial charge is 0.0678 e. The summed E-state index contributed by atoms with van der Waals surface area (Å²) in [6, 6.07) is 0. The van der Waals surface area contributed by atoms with E-state index in [-0.39, 0.29) is 0 Å². The molecule has 0 aromatic heterocycles. The first kappa shape index (κ1) is 13.3. The van der Waals surface area contributed by atoms with Crippen LogP contribution in [0.25, 0.3) is 0 Å². The topological polar surface area (TPSA) is 15.7 Å². The third-order valence-electron chi connectivity index (χ3n) is 3.97. The monoisotopic (exact) mass is 240 g/mol. The molecule has 0 aromatic carbocycles. The van der Waals surface area contributed by atoms with Gasteiger partial charge in [-0.05, 0) is 39.2 Å². The second-order valence-corrected chi connectivity index (χ2v) is 6.06. The van der Waals surface area contributed by atoms with Crippen LogP contribution in [0.2, 0.25) is 0 Å². The highest BCUT2D eigenvalue weighted by Gasteiger charge is 2.23. The van der Waals surface area contributed by atoms with Crippen molar-refractivity contribution in [1.29, 1.82) is 0 Å². The lowest BCUT2D eigenvalue weighted by molar-refractivity contribution is -0.0698. The number of likely N-dealkylation sites (tertiary alicyclic amines) is 1. The molecule has 0 saturated carbocycles. The number of rotatable bonds is 3. The summed E-state index contributed by atoms with van der Waals surface area (Å²) < 4.78 is 5.77. The Morgan fingerprint density at radius 3 is 2.24 bits per heavy atom. The molecule has 0 radical (unpaired) electrons. The molecule has 0 amide bonds. The summed E-state index contributed by atoms with van der Waals surface area (Å²) in [5.41, 5.74) is 0. The van der Waals surface area contributed by atoms with Gasteiger partial charge in [-0.2, -0.15) is 0 Å². The minimum absolute atomic E-state index is 0.402. The Bertz CT molecular complexity index is 224. The first-order valence-electron chi connectivity index (χ1n) is 7.23. The van der Waals surface area contributed by atoms with Crippen LogP contribution in [0, 0.1) is 5.92 Å². The quantitative estimate of drug-likeness (QED) is 0.748. The van der Waals surface area contributed by atoms with E-state index in [0.29, 0.717) is 12.2 Å². The Morgan fingerprint density at radius 2 is 1.59 bits per heavy atom. The van der Waals surface area contributed by atoms with Crippen LogP contribution in [0.15, 0.2) is 0 Å². The number of hydrogen-bond donors (Lipinski definition) is 0. The second-order valence-electron chi connectivity index (χ2n) is 6.06. The number of piperidine rings is 1. The SMILES string of the molecule is C[C@@H]1CCCN(CCN2C[C@@H](C)O[C@@H](C)C2)C1. The van der Waals surface area contributed by atoms with Gasteiger partial charge in [0, 0.05) is 32.7 Å². The molecule has 2 saturated heterocycles. The molecule has 0 N–H and O–H groups in total. The minimum atomic E-state index is 0.402. The highest BCUT2D eigenvalue weighted by atomic mass is 16.5. The van der Waals surface area contributed by atoms with Crippen molar-refractivity contribution in [1.82, 2.24) is 9.80 Å². The highest BCUT2D eigenvalue weighted by Crippen LogP contribution is 2.16. The molecule has 3 atom stereocenters. The Kier molecular flexibility index (Phi) is 4.83. The fourth-order valence-electron chi connectivity index (χ4n) is 3.24. The molecule has 0 unspecified atom stereocenters. The zero-order valence-electron chi connectivity index (χ0n) is 11.7. The van der Waals surface area contributed by atoms with Crippen LogP contribution in [-0.4, -0.2) is 61.3 Å². The summed E-state index contributed by atoms with van der Waals surface area (Å²) in [6.45, 7) is 14.0. The van der Waals surface area contributed by atoms with Gasteiger partial charge < -0.3 is 9.64 Å². The summed E-state index contributed by atoms with van der Waals surface area (Å²) in [7, 11) is 0. The fraction of sp³-hybridized carbons (Fsp3) is 1.00. The molecule has 0 bridgehead atoms. The standard InChI is InChI=1S/C14H28N2O/c1-12-5-4-6-15(9-12)7-8-16-10-13(2)17-14(3)11-16/h12-14H,4-11H2,1-3H3/t12-,13-,14+/m1/s1. The molecule has 2 fully saturated rings. The lowest BCUT2D eigenvalue weighted by Crippen LogP contribution is -2.48. The average Bonchev–Trinajstić information content (AvgIpc) is 2.25. The van der Waals surface area contributed by atoms with Gasteiger partial charge in [-0.15, -0.1) is 0 Å². The number of morpholine rings is 1. The molecule has 17 heavy (non-hydrogen) atoms. The molecule has 3 nitrogen and oxygen atoms in total. The number of ether oxygens (including phenoxy) is 1. The van der Waals surface area contributed by atoms with E-state index in [4.69, 9.17) is 4.74 Å². The second kappa shape index (κ2) is 6.17. The summed E-state index contributed by atoms with van der Waals surface area (Å²) >= 11 is 0. The highest BCUT2D eigenvalue weighted by molar-refractivity contribution is 4.76. The molecule has 0 spiro atoms. The van der Waals surface area contributed by atoms with E-state index in [1.165, 1.54) is 39.0 Å². The third-order valence-corrected chi connectivity index (χ3v) is 3.97. The molecular weight excluding hydrogens is 212 g/mol. The Balaban J connectivity index is 1.70. The molecule has 2 rings (SSSR count). The van der Waals surface area contributed by atoms with Crippen molar-refractivity contribution in [2.75, 3.05) is 39.3 Å². The molecule has 2 aliphatic heterocycles. The maximum atomic E-state index is 5.77. The maximum absolute atomic E-state index is 5.77. The van der Waals surface area contributed by atoms with E-state index in [0.717, 1.165) is 19.0 Å². The Hall–Kier alpha value is -0.120. The van der Waals surface area contributed by atoms with Gasteiger partial charge in [0.25, 0.3) is 0 Å². The van der Waals surface area contributed by atoms with E-state index < -0.39 is 0 Å². The van der Waals surface area contributed by atoms with E-state index >= 15 is 0 Å². The van der Waals surface area contributed by atoms with Crippen molar-refractivity contribution in [3.8, 4) is 0 Å². The fourth-order valence-corrected chi connectivity index (χ4v) is 3.24. The molecule has 2 heterocycles. The van der Waals surface area contributed by atoms with Crippen LogP contribution in [0.4, 0.5) is 0 Å². The zero-order chi connectivity index (χ0) is 12.3. The van der Waals surface area contributed by atoms with E-state index in [1.54, 1.807) is 0 Å². The van der Waals surface area contributed by atoms with Crippen LogP contribution >= 0.6 is 0 Å². The van der Waals surface area contributed by atoms with Crippen molar-refractivity contribution in [3.63, 3.8) is 0 Å². The average molecular weight is 240 g/mol. The van der Waals surface area contributed by atoms with Crippen molar-refractivity contribution >= 4 is 0 Å².